The number of nitrogens with zero attached hydrogens (tertiary/aromatic N) is 3. The summed E-state index contributed by atoms with van der Waals surface area (Å²) in [6.07, 6.45) is 4.14. The fraction of sp³-hybridized carbons (Fsp3) is 0.393. The minimum absolute atomic E-state index is 0.00580. The Bertz CT molecular complexity index is 1090. The third-order valence-corrected chi connectivity index (χ3v) is 5.78. The van der Waals surface area contributed by atoms with E-state index in [9.17, 15) is 14.0 Å². The molecule has 6 nitrogen and oxygen atoms in total. The third-order valence-electron chi connectivity index (χ3n) is 5.78. The Kier molecular flexibility index (Phi) is 9.58. The summed E-state index contributed by atoms with van der Waals surface area (Å²) < 4.78 is 15.1. The van der Waals surface area contributed by atoms with Crippen molar-refractivity contribution >= 4 is 17.6 Å². The van der Waals surface area contributed by atoms with E-state index < -0.39 is 0 Å². The lowest BCUT2D eigenvalue weighted by molar-refractivity contribution is -0.135. The van der Waals surface area contributed by atoms with Crippen LogP contribution in [0.4, 0.5) is 10.2 Å². The van der Waals surface area contributed by atoms with E-state index in [1.54, 1.807) is 27.8 Å². The predicted molar refractivity (Wildman–Crippen MR) is 138 cm³/mol. The van der Waals surface area contributed by atoms with Crippen molar-refractivity contribution in [1.82, 2.24) is 14.7 Å². The second-order valence-electron chi connectivity index (χ2n) is 9.17. The Labute approximate surface area is 207 Å². The lowest BCUT2D eigenvalue weighted by atomic mass is 10.1. The number of carbonyl (C=O) groups excluding carboxylic acids is 2. The predicted octanol–water partition coefficient (Wildman–Crippen LogP) is 6.07. The van der Waals surface area contributed by atoms with Crippen molar-refractivity contribution in [2.75, 3.05) is 18.4 Å². The van der Waals surface area contributed by atoms with Crippen LogP contribution < -0.4 is 5.32 Å². The van der Waals surface area contributed by atoms with Crippen molar-refractivity contribution < 1.29 is 14.0 Å². The van der Waals surface area contributed by atoms with Crippen LogP contribution in [0.5, 0.6) is 0 Å². The molecule has 1 heterocycles. The summed E-state index contributed by atoms with van der Waals surface area (Å²) in [4.78, 5) is 27.6. The van der Waals surface area contributed by atoms with E-state index in [4.69, 9.17) is 0 Å². The zero-order valence-electron chi connectivity index (χ0n) is 20.8. The molecule has 1 N–H and O–H groups in total. The summed E-state index contributed by atoms with van der Waals surface area (Å²) >= 11 is 0. The summed E-state index contributed by atoms with van der Waals surface area (Å²) in [5.41, 5.74) is 2.20. The van der Waals surface area contributed by atoms with Crippen LogP contribution in [0.2, 0.25) is 0 Å². The highest BCUT2D eigenvalue weighted by molar-refractivity contribution is 5.94. The average molecular weight is 479 g/mol. The number of aromatic nitrogens is 2. The lowest BCUT2D eigenvalue weighted by Gasteiger charge is -2.23. The summed E-state index contributed by atoms with van der Waals surface area (Å²) in [5, 5.41) is 7.58. The first kappa shape index (κ1) is 26.1. The second kappa shape index (κ2) is 12.8. The molecular weight excluding hydrogens is 443 g/mol. The molecule has 0 radical (unpaired) electrons. The maximum absolute atomic E-state index is 13.5. The molecule has 1 aromatic heterocycles. The minimum Gasteiger partial charge on any atom is -0.333 e. The number of unbranched alkanes of at least 4 members (excludes halogenated alkanes) is 2. The first-order valence-corrected chi connectivity index (χ1v) is 12.4. The van der Waals surface area contributed by atoms with Crippen LogP contribution in [-0.4, -0.2) is 39.6 Å². The van der Waals surface area contributed by atoms with Crippen molar-refractivity contribution in [3.05, 3.63) is 66.5 Å². The van der Waals surface area contributed by atoms with Gasteiger partial charge in [0.15, 0.2) is 0 Å². The molecule has 35 heavy (non-hydrogen) atoms. The third kappa shape index (κ3) is 7.77. The van der Waals surface area contributed by atoms with E-state index >= 15 is 0 Å². The van der Waals surface area contributed by atoms with Crippen LogP contribution in [-0.2, 0) is 9.59 Å². The van der Waals surface area contributed by atoms with Gasteiger partial charge in [0, 0.05) is 24.6 Å². The van der Waals surface area contributed by atoms with Gasteiger partial charge in [-0.3, -0.25) is 9.59 Å². The van der Waals surface area contributed by atoms with Gasteiger partial charge in [0.05, 0.1) is 17.9 Å². The monoisotopic (exact) mass is 478 g/mol. The second-order valence-corrected chi connectivity index (χ2v) is 9.17. The van der Waals surface area contributed by atoms with E-state index in [2.05, 4.69) is 31.2 Å². The van der Waals surface area contributed by atoms with Gasteiger partial charge in [-0.15, -0.1) is 0 Å². The summed E-state index contributed by atoms with van der Waals surface area (Å²) in [6, 6.07) is 17.4. The molecule has 0 unspecified atom stereocenters. The highest BCUT2D eigenvalue weighted by Gasteiger charge is 2.19. The van der Waals surface area contributed by atoms with Crippen molar-refractivity contribution in [3.8, 4) is 16.9 Å². The lowest BCUT2D eigenvalue weighted by Crippen LogP contribution is -2.39. The summed E-state index contributed by atoms with van der Waals surface area (Å²) in [5.74, 6) is 0.254. The standard InChI is InChI=1S/C28H35FN4O2/c1-4-5-7-12-28(35)32(18-17-21(2)3)20-27(34)30-26-19-25(22-10-8-6-9-11-22)31-33(26)24-15-13-23(29)14-16-24/h6,8-11,13-16,19,21H,4-5,7,12,17-18,20H2,1-3H3,(H,30,34). The molecular formula is C28H35FN4O2. The number of anilines is 1. The molecule has 0 aliphatic rings. The number of halogens is 1. The number of benzene rings is 2. The van der Waals surface area contributed by atoms with Crippen LogP contribution >= 0.6 is 0 Å². The van der Waals surface area contributed by atoms with Gasteiger partial charge in [0.1, 0.15) is 11.6 Å². The van der Waals surface area contributed by atoms with Gasteiger partial charge in [-0.05, 0) is 43.0 Å². The smallest absolute Gasteiger partial charge is 0.245 e. The molecule has 2 aromatic carbocycles. The molecule has 0 fully saturated rings. The normalized spacial score (nSPS) is 11.0. The zero-order chi connectivity index (χ0) is 25.2. The van der Waals surface area contributed by atoms with Crippen LogP contribution in [0.1, 0.15) is 52.9 Å². The number of hydrogen-bond donors (Lipinski definition) is 1. The summed E-state index contributed by atoms with van der Waals surface area (Å²) in [6.45, 7) is 6.83. The van der Waals surface area contributed by atoms with Gasteiger partial charge in [-0.1, -0.05) is 63.9 Å². The molecule has 3 aromatic rings. The minimum atomic E-state index is -0.350. The number of nitrogens with one attached hydrogen (secondary N) is 1. The molecule has 0 aliphatic heterocycles. The fourth-order valence-corrected chi connectivity index (χ4v) is 3.75. The number of hydrogen-bond acceptors (Lipinski definition) is 3. The van der Waals surface area contributed by atoms with E-state index in [1.165, 1.54) is 12.1 Å². The molecule has 2 amide bonds. The topological polar surface area (TPSA) is 67.2 Å². The van der Waals surface area contributed by atoms with Gasteiger partial charge in [0.2, 0.25) is 11.8 Å². The van der Waals surface area contributed by atoms with Crippen LogP contribution in [0.3, 0.4) is 0 Å². The van der Waals surface area contributed by atoms with Gasteiger partial charge in [-0.25, -0.2) is 9.07 Å². The molecule has 0 saturated heterocycles. The van der Waals surface area contributed by atoms with Crippen LogP contribution in [0, 0.1) is 11.7 Å². The zero-order valence-corrected chi connectivity index (χ0v) is 20.8. The van der Waals surface area contributed by atoms with E-state index in [0.29, 0.717) is 36.1 Å². The van der Waals surface area contributed by atoms with E-state index in [-0.39, 0.29) is 24.2 Å². The number of carbonyl (C=O) groups is 2. The van der Waals surface area contributed by atoms with Crippen molar-refractivity contribution in [3.63, 3.8) is 0 Å². The van der Waals surface area contributed by atoms with E-state index in [0.717, 1.165) is 31.2 Å². The quantitative estimate of drug-likeness (QED) is 0.321. The Morgan fingerprint density at radius 2 is 1.77 bits per heavy atom. The molecule has 0 aliphatic carbocycles. The number of rotatable bonds is 12. The van der Waals surface area contributed by atoms with Crippen molar-refractivity contribution in [2.45, 2.75) is 52.9 Å². The summed E-state index contributed by atoms with van der Waals surface area (Å²) in [7, 11) is 0. The Hall–Kier alpha value is -3.48. The maximum Gasteiger partial charge on any atom is 0.245 e. The molecule has 7 heteroatoms. The SMILES string of the molecule is CCCCCC(=O)N(CCC(C)C)CC(=O)Nc1cc(-c2ccccc2)nn1-c1ccc(F)cc1. The highest BCUT2D eigenvalue weighted by atomic mass is 19.1. The molecule has 3 rings (SSSR count). The van der Waals surface area contributed by atoms with Gasteiger partial charge in [-0.2, -0.15) is 5.10 Å². The molecule has 186 valence electrons. The Morgan fingerprint density at radius 1 is 1.06 bits per heavy atom. The average Bonchev–Trinajstić information content (AvgIpc) is 3.26. The van der Waals surface area contributed by atoms with E-state index in [1.807, 2.05) is 30.3 Å². The van der Waals surface area contributed by atoms with Crippen LogP contribution in [0.25, 0.3) is 16.9 Å². The van der Waals surface area contributed by atoms with Crippen molar-refractivity contribution in [1.29, 1.82) is 0 Å². The maximum atomic E-state index is 13.5. The number of amides is 2. The highest BCUT2D eigenvalue weighted by Crippen LogP contribution is 2.25. The molecule has 0 bridgehead atoms. The molecule has 0 spiro atoms. The fourth-order valence-electron chi connectivity index (χ4n) is 3.75. The molecule has 0 saturated carbocycles. The van der Waals surface area contributed by atoms with Gasteiger partial charge >= 0.3 is 0 Å². The molecule has 0 atom stereocenters. The Morgan fingerprint density at radius 3 is 2.43 bits per heavy atom. The largest absolute Gasteiger partial charge is 0.333 e. The van der Waals surface area contributed by atoms with Crippen molar-refractivity contribution in [2.24, 2.45) is 5.92 Å². The van der Waals surface area contributed by atoms with Crippen LogP contribution in [0.15, 0.2) is 60.7 Å². The first-order valence-electron chi connectivity index (χ1n) is 12.4. The van der Waals surface area contributed by atoms with Gasteiger partial charge in [0.25, 0.3) is 0 Å². The Balaban J connectivity index is 1.81. The first-order chi connectivity index (χ1) is 16.9. The van der Waals surface area contributed by atoms with Gasteiger partial charge < -0.3 is 10.2 Å².